The molecular formula is C26H22ClN6O+. The summed E-state index contributed by atoms with van der Waals surface area (Å²) >= 11 is 6.43. The van der Waals surface area contributed by atoms with E-state index in [2.05, 4.69) is 33.5 Å². The zero-order valence-corrected chi connectivity index (χ0v) is 19.7. The van der Waals surface area contributed by atoms with Crippen LogP contribution in [0.1, 0.15) is 29.2 Å². The van der Waals surface area contributed by atoms with Crippen LogP contribution in [0, 0.1) is 18.3 Å². The fraction of sp³-hybridized carbons (Fsp3) is 0.154. The number of benzene rings is 2. The number of fused-ring (bicyclic) bond motifs is 4. The maximum Gasteiger partial charge on any atom is 0.253 e. The van der Waals surface area contributed by atoms with Crippen LogP contribution in [0.25, 0.3) is 27.6 Å². The predicted octanol–water partition coefficient (Wildman–Crippen LogP) is 5.31. The van der Waals surface area contributed by atoms with E-state index in [0.717, 1.165) is 56.7 Å². The highest BCUT2D eigenvalue weighted by molar-refractivity contribution is 6.32. The van der Waals surface area contributed by atoms with Gasteiger partial charge in [-0.25, -0.2) is 4.98 Å². The molecule has 5 rings (SSSR count). The lowest BCUT2D eigenvalue weighted by molar-refractivity contribution is -0.465. The molecule has 7 nitrogen and oxygen atoms in total. The van der Waals surface area contributed by atoms with E-state index in [-0.39, 0.29) is 0 Å². The van der Waals surface area contributed by atoms with E-state index in [0.29, 0.717) is 16.3 Å². The summed E-state index contributed by atoms with van der Waals surface area (Å²) in [7, 11) is 1.63. The zero-order valence-electron chi connectivity index (χ0n) is 19.0. The van der Waals surface area contributed by atoms with E-state index >= 15 is 0 Å². The van der Waals surface area contributed by atoms with Gasteiger partial charge in [0.25, 0.3) is 5.82 Å². The van der Waals surface area contributed by atoms with Crippen molar-refractivity contribution < 1.29 is 9.14 Å². The highest BCUT2D eigenvalue weighted by Crippen LogP contribution is 2.26. The number of nitriles is 1. The van der Waals surface area contributed by atoms with Crippen molar-refractivity contribution in [3.63, 3.8) is 0 Å². The van der Waals surface area contributed by atoms with Gasteiger partial charge in [0.1, 0.15) is 33.6 Å². The van der Waals surface area contributed by atoms with Crippen LogP contribution in [0.4, 0.5) is 5.82 Å². The van der Waals surface area contributed by atoms with E-state index in [4.69, 9.17) is 16.3 Å². The molecule has 0 aliphatic carbocycles. The number of nitrogens with zero attached hydrogens (tertiary/aromatic N) is 4. The second kappa shape index (κ2) is 8.65. The van der Waals surface area contributed by atoms with Crippen molar-refractivity contribution in [2.75, 3.05) is 12.5 Å². The molecule has 34 heavy (non-hydrogen) atoms. The molecule has 0 radical (unpaired) electrons. The van der Waals surface area contributed by atoms with Gasteiger partial charge < -0.3 is 4.74 Å². The molecule has 2 N–H and O–H groups in total. The van der Waals surface area contributed by atoms with Crippen LogP contribution < -0.4 is 14.6 Å². The number of halogens is 1. The molecular weight excluding hydrogens is 448 g/mol. The first-order chi connectivity index (χ1) is 16.5. The number of pyridine rings is 2. The Morgan fingerprint density at radius 2 is 2.09 bits per heavy atom. The number of hydrogen-bond acceptors (Lipinski definition) is 5. The van der Waals surface area contributed by atoms with E-state index in [1.54, 1.807) is 13.3 Å². The third kappa shape index (κ3) is 3.49. The number of anilines is 1. The van der Waals surface area contributed by atoms with Gasteiger partial charge in [0.05, 0.1) is 18.8 Å². The lowest BCUT2D eigenvalue weighted by atomic mass is 10.0. The van der Waals surface area contributed by atoms with Gasteiger partial charge >= 0.3 is 0 Å². The van der Waals surface area contributed by atoms with Crippen LogP contribution >= 0.6 is 11.6 Å². The highest BCUT2D eigenvalue weighted by Gasteiger charge is 2.24. The molecule has 0 aliphatic rings. The Morgan fingerprint density at radius 3 is 2.85 bits per heavy atom. The molecule has 0 amide bonds. The van der Waals surface area contributed by atoms with Gasteiger partial charge in [0.15, 0.2) is 0 Å². The predicted molar refractivity (Wildman–Crippen MR) is 135 cm³/mol. The molecule has 0 atom stereocenters. The number of H-pyrrole nitrogens is 1. The number of hydrogen-bond donors (Lipinski definition) is 2. The number of aromatic amines is 1. The summed E-state index contributed by atoms with van der Waals surface area (Å²) in [6, 6.07) is 17.9. The molecule has 0 saturated carbocycles. The molecule has 5 aromatic rings. The zero-order chi connectivity index (χ0) is 23.8. The van der Waals surface area contributed by atoms with Gasteiger partial charge in [0, 0.05) is 16.5 Å². The molecule has 3 aromatic heterocycles. The van der Waals surface area contributed by atoms with Gasteiger partial charge in [-0.05, 0) is 55.3 Å². The van der Waals surface area contributed by atoms with Crippen molar-refractivity contribution in [3.05, 3.63) is 75.9 Å². The Morgan fingerprint density at radius 1 is 1.26 bits per heavy atom. The largest absolute Gasteiger partial charge is 0.497 e. The van der Waals surface area contributed by atoms with Crippen molar-refractivity contribution in [3.8, 4) is 11.8 Å². The molecule has 0 spiro atoms. The van der Waals surface area contributed by atoms with Crippen LogP contribution in [-0.2, 0) is 6.42 Å². The maximum atomic E-state index is 9.87. The van der Waals surface area contributed by atoms with Crippen molar-refractivity contribution in [1.29, 1.82) is 5.26 Å². The number of nitrogens with one attached hydrogen (secondary N) is 2. The topological polar surface area (TPSA) is 90.2 Å². The van der Waals surface area contributed by atoms with Crippen LogP contribution in [0.15, 0.2) is 53.6 Å². The molecule has 0 bridgehead atoms. The molecule has 168 valence electrons. The standard InChI is InChI=1S/C26H21ClN6O/c1-4-19-15(2)20(13-28)25-31-22-7-5-6-8-23(22)33(25)26(19)32-29-14-17-11-16-12-18(34-3)9-10-21(16)30-24(17)27/h5-12,14H,4H2,1-3H3,(H,31,32)/p+1. The number of hydrazone groups is 1. The molecule has 2 aromatic carbocycles. The van der Waals surface area contributed by atoms with Crippen LogP contribution in [0.2, 0.25) is 5.15 Å². The first-order valence-corrected chi connectivity index (χ1v) is 11.2. The van der Waals surface area contributed by atoms with E-state index < -0.39 is 0 Å². The first kappa shape index (κ1) is 21.7. The van der Waals surface area contributed by atoms with Crippen molar-refractivity contribution >= 4 is 51.2 Å². The average molecular weight is 470 g/mol. The van der Waals surface area contributed by atoms with E-state index in [1.165, 1.54) is 0 Å². The fourth-order valence-corrected chi connectivity index (χ4v) is 4.54. The summed E-state index contributed by atoms with van der Waals surface area (Å²) < 4.78 is 7.34. The summed E-state index contributed by atoms with van der Waals surface area (Å²) in [4.78, 5) is 7.86. The Labute approximate surface area is 201 Å². The molecule has 0 aliphatic heterocycles. The van der Waals surface area contributed by atoms with Crippen molar-refractivity contribution in [2.45, 2.75) is 20.3 Å². The normalized spacial score (nSPS) is 11.5. The monoisotopic (exact) mass is 469 g/mol. The second-order valence-electron chi connectivity index (χ2n) is 7.92. The van der Waals surface area contributed by atoms with Crippen molar-refractivity contribution in [1.82, 2.24) is 9.97 Å². The summed E-state index contributed by atoms with van der Waals surface area (Å²) in [5.41, 5.74) is 9.87. The highest BCUT2D eigenvalue weighted by atomic mass is 35.5. The SMILES string of the molecule is CCc1c(C)c(C#N)c2[nH]c3ccccc3[n+]2c1NN=Cc1cc2cc(OC)ccc2nc1Cl. The van der Waals surface area contributed by atoms with Crippen LogP contribution in [-0.4, -0.2) is 23.3 Å². The van der Waals surface area contributed by atoms with Gasteiger partial charge in [-0.1, -0.05) is 30.7 Å². The molecule has 0 fully saturated rings. The molecule has 8 heteroatoms. The minimum atomic E-state index is 0.361. The number of rotatable bonds is 5. The number of aromatic nitrogens is 3. The summed E-state index contributed by atoms with van der Waals surface area (Å²) in [5.74, 6) is 1.55. The number of imidazole rings is 1. The molecule has 0 saturated heterocycles. The van der Waals surface area contributed by atoms with E-state index in [9.17, 15) is 5.26 Å². The average Bonchev–Trinajstić information content (AvgIpc) is 3.23. The summed E-state index contributed by atoms with van der Waals surface area (Å²) in [6.07, 6.45) is 2.39. The maximum absolute atomic E-state index is 9.87. The van der Waals surface area contributed by atoms with Crippen molar-refractivity contribution in [2.24, 2.45) is 5.10 Å². The lowest BCUT2D eigenvalue weighted by Crippen LogP contribution is -2.28. The van der Waals surface area contributed by atoms with Gasteiger partial charge in [-0.2, -0.15) is 15.1 Å². The number of methoxy groups -OCH3 is 1. The fourth-order valence-electron chi connectivity index (χ4n) is 4.34. The van der Waals surface area contributed by atoms with E-state index in [1.807, 2.05) is 59.9 Å². The minimum absolute atomic E-state index is 0.361. The van der Waals surface area contributed by atoms with Crippen LogP contribution in [0.5, 0.6) is 5.75 Å². The lowest BCUT2D eigenvalue weighted by Gasteiger charge is -2.10. The number of ether oxygens (including phenoxy) is 1. The Kier molecular flexibility index (Phi) is 5.52. The van der Waals surface area contributed by atoms with Crippen LogP contribution in [0.3, 0.4) is 0 Å². The first-order valence-electron chi connectivity index (χ1n) is 10.9. The summed E-state index contributed by atoms with van der Waals surface area (Å²) in [5, 5.41) is 15.6. The van der Waals surface area contributed by atoms with Gasteiger partial charge in [-0.15, -0.1) is 5.10 Å². The third-order valence-electron chi connectivity index (χ3n) is 6.04. The third-order valence-corrected chi connectivity index (χ3v) is 6.34. The quantitative estimate of drug-likeness (QED) is 0.158. The Hall–Kier alpha value is -4.15. The molecule has 3 heterocycles. The summed E-state index contributed by atoms with van der Waals surface area (Å²) in [6.45, 7) is 4.03. The minimum Gasteiger partial charge on any atom is -0.497 e. The Balaban J connectivity index is 1.63. The molecule has 0 unspecified atom stereocenters. The smallest absolute Gasteiger partial charge is 0.253 e. The second-order valence-corrected chi connectivity index (χ2v) is 8.27. The van der Waals surface area contributed by atoms with Gasteiger partial charge in [0.2, 0.25) is 5.65 Å². The van der Waals surface area contributed by atoms with Gasteiger partial charge in [-0.3, -0.25) is 4.98 Å². The Bertz CT molecular complexity index is 1650. The number of para-hydroxylation sites is 2.